The Morgan fingerprint density at radius 3 is 2.67 bits per heavy atom. The molecule has 114 valence electrons. The van der Waals surface area contributed by atoms with Gasteiger partial charge in [-0.15, -0.1) is 0 Å². The van der Waals surface area contributed by atoms with Crippen LogP contribution in [0.25, 0.3) is 0 Å². The lowest BCUT2D eigenvalue weighted by Crippen LogP contribution is -2.35. The standard InChI is InChI=1S/C16H24N4O/c1-6-20-11-14(10-18-20)21-15-8-13(7-12(2)19-15)9-17-16(3,4)5/h7-8,10-11,17H,6,9H2,1-5H3. The Hall–Kier alpha value is -1.88. The summed E-state index contributed by atoms with van der Waals surface area (Å²) in [6.45, 7) is 12.1. The number of ether oxygens (including phenoxy) is 1. The van der Waals surface area contributed by atoms with Gasteiger partial charge in [-0.25, -0.2) is 4.98 Å². The Kier molecular flexibility index (Phi) is 4.63. The van der Waals surface area contributed by atoms with Crippen LogP contribution in [-0.4, -0.2) is 20.3 Å². The molecule has 0 bridgehead atoms. The summed E-state index contributed by atoms with van der Waals surface area (Å²) in [7, 11) is 0. The van der Waals surface area contributed by atoms with E-state index < -0.39 is 0 Å². The highest BCUT2D eigenvalue weighted by Gasteiger charge is 2.10. The fourth-order valence-corrected chi connectivity index (χ4v) is 1.92. The number of rotatable bonds is 5. The smallest absolute Gasteiger partial charge is 0.219 e. The summed E-state index contributed by atoms with van der Waals surface area (Å²) in [5, 5.41) is 7.67. The normalized spacial score (nSPS) is 11.7. The molecule has 0 saturated heterocycles. The van der Waals surface area contributed by atoms with Crippen LogP contribution in [0.2, 0.25) is 0 Å². The van der Waals surface area contributed by atoms with E-state index in [4.69, 9.17) is 4.74 Å². The summed E-state index contributed by atoms with van der Waals surface area (Å²) in [5.41, 5.74) is 2.19. The molecule has 0 amide bonds. The van der Waals surface area contributed by atoms with Crippen molar-refractivity contribution >= 4 is 0 Å². The molecule has 2 heterocycles. The molecular weight excluding hydrogens is 264 g/mol. The zero-order valence-electron chi connectivity index (χ0n) is 13.5. The summed E-state index contributed by atoms with van der Waals surface area (Å²) in [6, 6.07) is 4.04. The number of hydrogen-bond donors (Lipinski definition) is 1. The minimum atomic E-state index is 0.0838. The first kappa shape index (κ1) is 15.5. The highest BCUT2D eigenvalue weighted by atomic mass is 16.5. The van der Waals surface area contributed by atoms with Gasteiger partial charge in [-0.3, -0.25) is 4.68 Å². The minimum absolute atomic E-state index is 0.0838. The number of nitrogens with zero attached hydrogens (tertiary/aromatic N) is 3. The van der Waals surface area contributed by atoms with Crippen molar-refractivity contribution < 1.29 is 4.74 Å². The predicted octanol–water partition coefficient (Wildman–Crippen LogP) is 3.29. The Morgan fingerprint density at radius 1 is 1.29 bits per heavy atom. The monoisotopic (exact) mass is 288 g/mol. The van der Waals surface area contributed by atoms with Crippen LogP contribution < -0.4 is 10.1 Å². The predicted molar refractivity (Wildman–Crippen MR) is 83.5 cm³/mol. The quantitative estimate of drug-likeness (QED) is 0.917. The van der Waals surface area contributed by atoms with Gasteiger partial charge in [0.2, 0.25) is 5.88 Å². The second-order valence-corrected chi connectivity index (χ2v) is 6.19. The van der Waals surface area contributed by atoms with E-state index in [1.165, 1.54) is 0 Å². The number of nitrogens with one attached hydrogen (secondary N) is 1. The molecule has 2 rings (SSSR count). The van der Waals surface area contributed by atoms with Crippen molar-refractivity contribution in [2.75, 3.05) is 0 Å². The van der Waals surface area contributed by atoms with Crippen LogP contribution in [0.3, 0.4) is 0 Å². The Morgan fingerprint density at radius 2 is 2.05 bits per heavy atom. The number of aryl methyl sites for hydroxylation is 2. The molecule has 5 nitrogen and oxygen atoms in total. The topological polar surface area (TPSA) is 52.0 Å². The number of aromatic nitrogens is 3. The second kappa shape index (κ2) is 6.26. The van der Waals surface area contributed by atoms with Crippen LogP contribution in [0.1, 0.15) is 39.0 Å². The fourth-order valence-electron chi connectivity index (χ4n) is 1.92. The van der Waals surface area contributed by atoms with Crippen LogP contribution in [0.4, 0.5) is 0 Å². The van der Waals surface area contributed by atoms with Crippen molar-refractivity contribution in [3.8, 4) is 11.6 Å². The molecule has 2 aromatic heterocycles. The lowest BCUT2D eigenvalue weighted by Gasteiger charge is -2.20. The van der Waals surface area contributed by atoms with E-state index in [1.807, 2.05) is 30.8 Å². The molecule has 5 heteroatoms. The fraction of sp³-hybridized carbons (Fsp3) is 0.500. The van der Waals surface area contributed by atoms with E-state index in [-0.39, 0.29) is 5.54 Å². The van der Waals surface area contributed by atoms with Gasteiger partial charge in [-0.05, 0) is 46.2 Å². The molecule has 0 unspecified atom stereocenters. The minimum Gasteiger partial charge on any atom is -0.436 e. The van der Waals surface area contributed by atoms with Gasteiger partial charge in [-0.2, -0.15) is 5.10 Å². The van der Waals surface area contributed by atoms with Crippen molar-refractivity contribution in [2.24, 2.45) is 0 Å². The maximum absolute atomic E-state index is 5.79. The highest BCUT2D eigenvalue weighted by Crippen LogP contribution is 2.20. The molecule has 0 atom stereocenters. The van der Waals surface area contributed by atoms with E-state index in [1.54, 1.807) is 6.20 Å². The largest absolute Gasteiger partial charge is 0.436 e. The molecule has 0 saturated carbocycles. The molecule has 0 aliphatic heterocycles. The van der Waals surface area contributed by atoms with Crippen LogP contribution in [-0.2, 0) is 13.1 Å². The first-order chi connectivity index (χ1) is 9.85. The van der Waals surface area contributed by atoms with Crippen molar-refractivity contribution in [1.82, 2.24) is 20.1 Å². The van der Waals surface area contributed by atoms with Crippen molar-refractivity contribution in [2.45, 2.75) is 53.2 Å². The van der Waals surface area contributed by atoms with Crippen LogP contribution in [0, 0.1) is 6.92 Å². The van der Waals surface area contributed by atoms with E-state index in [0.717, 1.165) is 24.3 Å². The zero-order chi connectivity index (χ0) is 15.5. The molecule has 0 radical (unpaired) electrons. The van der Waals surface area contributed by atoms with E-state index >= 15 is 0 Å². The van der Waals surface area contributed by atoms with E-state index in [0.29, 0.717) is 11.6 Å². The SMILES string of the molecule is CCn1cc(Oc2cc(CNC(C)(C)C)cc(C)n2)cn1. The summed E-state index contributed by atoms with van der Waals surface area (Å²) in [5.74, 6) is 1.32. The van der Waals surface area contributed by atoms with Gasteiger partial charge in [0.15, 0.2) is 5.75 Å². The number of hydrogen-bond acceptors (Lipinski definition) is 4. The van der Waals surface area contributed by atoms with Gasteiger partial charge in [0, 0.05) is 30.4 Å². The van der Waals surface area contributed by atoms with Crippen molar-refractivity contribution in [3.05, 3.63) is 35.8 Å². The maximum atomic E-state index is 5.79. The maximum Gasteiger partial charge on any atom is 0.219 e. The average molecular weight is 288 g/mol. The highest BCUT2D eigenvalue weighted by molar-refractivity contribution is 5.28. The Labute approximate surface area is 126 Å². The first-order valence-electron chi connectivity index (χ1n) is 7.28. The third kappa shape index (κ3) is 4.86. The van der Waals surface area contributed by atoms with Crippen molar-refractivity contribution in [3.63, 3.8) is 0 Å². The van der Waals surface area contributed by atoms with Gasteiger partial charge in [0.25, 0.3) is 0 Å². The summed E-state index contributed by atoms with van der Waals surface area (Å²) in [6.07, 6.45) is 3.58. The summed E-state index contributed by atoms with van der Waals surface area (Å²) in [4.78, 5) is 4.42. The van der Waals surface area contributed by atoms with Crippen molar-refractivity contribution in [1.29, 1.82) is 0 Å². The Balaban J connectivity index is 2.11. The van der Waals surface area contributed by atoms with E-state index in [2.05, 4.69) is 42.2 Å². The van der Waals surface area contributed by atoms with Crippen LogP contribution in [0.15, 0.2) is 24.5 Å². The molecule has 21 heavy (non-hydrogen) atoms. The second-order valence-electron chi connectivity index (χ2n) is 6.19. The van der Waals surface area contributed by atoms with Gasteiger partial charge in [0.05, 0.1) is 12.4 Å². The van der Waals surface area contributed by atoms with Gasteiger partial charge in [0.1, 0.15) is 0 Å². The lowest BCUT2D eigenvalue weighted by atomic mass is 10.1. The van der Waals surface area contributed by atoms with Gasteiger partial charge < -0.3 is 10.1 Å². The number of pyridine rings is 1. The molecule has 1 N–H and O–H groups in total. The average Bonchev–Trinajstić information content (AvgIpc) is 2.82. The van der Waals surface area contributed by atoms with Gasteiger partial charge >= 0.3 is 0 Å². The lowest BCUT2D eigenvalue weighted by molar-refractivity contribution is 0.421. The molecule has 0 fully saturated rings. The molecular formula is C16H24N4O. The zero-order valence-corrected chi connectivity index (χ0v) is 13.5. The molecule has 0 aliphatic rings. The van der Waals surface area contributed by atoms with Crippen LogP contribution in [0.5, 0.6) is 11.6 Å². The molecule has 0 aliphatic carbocycles. The first-order valence-corrected chi connectivity index (χ1v) is 7.28. The Bertz CT molecular complexity index is 599. The molecule has 0 spiro atoms. The summed E-state index contributed by atoms with van der Waals surface area (Å²) >= 11 is 0. The van der Waals surface area contributed by atoms with E-state index in [9.17, 15) is 0 Å². The molecule has 2 aromatic rings. The third-order valence-corrected chi connectivity index (χ3v) is 2.97. The van der Waals surface area contributed by atoms with Gasteiger partial charge in [-0.1, -0.05) is 0 Å². The summed E-state index contributed by atoms with van der Waals surface area (Å²) < 4.78 is 7.62. The van der Waals surface area contributed by atoms with Crippen LogP contribution >= 0.6 is 0 Å². The third-order valence-electron chi connectivity index (χ3n) is 2.97. The molecule has 0 aromatic carbocycles.